The third-order valence-corrected chi connectivity index (χ3v) is 4.22. The largest absolute Gasteiger partial charge is 0.481 e. The average molecular weight is 269 g/mol. The number of carbonyl (C=O) groups excluding carboxylic acids is 1. The van der Waals surface area contributed by atoms with E-state index in [-0.39, 0.29) is 12.3 Å². The third-order valence-electron chi connectivity index (χ3n) is 4.22. The van der Waals surface area contributed by atoms with Crippen molar-refractivity contribution in [3.63, 3.8) is 0 Å². The summed E-state index contributed by atoms with van der Waals surface area (Å²) in [6.07, 6.45) is 4.49. The SMILES string of the molecule is O=C(O)CCC1CCN(C(=O)CC2CCOC2)CC1. The molecule has 0 aromatic rings. The molecule has 0 bridgehead atoms. The number of nitrogens with zero attached hydrogens (tertiary/aromatic N) is 1. The van der Waals surface area contributed by atoms with E-state index in [0.717, 1.165) is 52.0 Å². The molecule has 2 fully saturated rings. The summed E-state index contributed by atoms with van der Waals surface area (Å²) in [6.45, 7) is 3.09. The average Bonchev–Trinajstić information content (AvgIpc) is 2.89. The number of amides is 1. The van der Waals surface area contributed by atoms with E-state index in [2.05, 4.69) is 0 Å². The Balaban J connectivity index is 1.67. The maximum Gasteiger partial charge on any atom is 0.303 e. The molecule has 2 rings (SSSR count). The van der Waals surface area contributed by atoms with Crippen LogP contribution in [0.25, 0.3) is 0 Å². The smallest absolute Gasteiger partial charge is 0.303 e. The molecular formula is C14H23NO4. The highest BCUT2D eigenvalue weighted by atomic mass is 16.5. The number of ether oxygens (including phenoxy) is 1. The van der Waals surface area contributed by atoms with Gasteiger partial charge in [-0.25, -0.2) is 0 Å². The highest BCUT2D eigenvalue weighted by Crippen LogP contribution is 2.24. The Bertz CT molecular complexity index is 317. The zero-order valence-electron chi connectivity index (χ0n) is 11.3. The molecular weight excluding hydrogens is 246 g/mol. The summed E-state index contributed by atoms with van der Waals surface area (Å²) in [5, 5.41) is 8.67. The van der Waals surface area contributed by atoms with Gasteiger partial charge in [0.15, 0.2) is 0 Å². The van der Waals surface area contributed by atoms with Crippen LogP contribution in [-0.2, 0) is 14.3 Å². The van der Waals surface area contributed by atoms with Crippen LogP contribution in [0.3, 0.4) is 0 Å². The van der Waals surface area contributed by atoms with Crippen LogP contribution < -0.4 is 0 Å². The molecule has 1 atom stereocenters. The van der Waals surface area contributed by atoms with Gasteiger partial charge in [-0.3, -0.25) is 9.59 Å². The van der Waals surface area contributed by atoms with Gasteiger partial charge in [-0.05, 0) is 37.5 Å². The summed E-state index contributed by atoms with van der Waals surface area (Å²) < 4.78 is 5.29. The molecule has 0 radical (unpaired) electrons. The highest BCUT2D eigenvalue weighted by Gasteiger charge is 2.26. The first-order valence-corrected chi connectivity index (χ1v) is 7.22. The van der Waals surface area contributed by atoms with Crippen LogP contribution >= 0.6 is 0 Å². The standard InChI is InChI=1S/C14H23NO4/c16-13(9-12-5-8-19-10-12)15-6-3-11(4-7-15)1-2-14(17)18/h11-12H,1-10H2,(H,17,18). The van der Waals surface area contributed by atoms with E-state index in [1.165, 1.54) is 0 Å². The summed E-state index contributed by atoms with van der Waals surface area (Å²) in [4.78, 5) is 24.6. The molecule has 0 aromatic heterocycles. The van der Waals surface area contributed by atoms with Gasteiger partial charge >= 0.3 is 5.97 Å². The monoisotopic (exact) mass is 269 g/mol. The van der Waals surface area contributed by atoms with Gasteiger partial charge in [0.2, 0.25) is 5.91 Å². The van der Waals surface area contributed by atoms with Crippen LogP contribution in [-0.4, -0.2) is 48.2 Å². The second kappa shape index (κ2) is 6.89. The number of aliphatic carboxylic acids is 1. The number of hydrogen-bond donors (Lipinski definition) is 1. The Morgan fingerprint density at radius 3 is 2.47 bits per heavy atom. The number of likely N-dealkylation sites (tertiary alicyclic amines) is 1. The minimum absolute atomic E-state index is 0.243. The second-order valence-electron chi connectivity index (χ2n) is 5.69. The van der Waals surface area contributed by atoms with Crippen molar-refractivity contribution < 1.29 is 19.4 Å². The van der Waals surface area contributed by atoms with Gasteiger partial charge < -0.3 is 14.7 Å². The molecule has 2 heterocycles. The van der Waals surface area contributed by atoms with Gasteiger partial charge in [-0.2, -0.15) is 0 Å². The maximum absolute atomic E-state index is 12.1. The lowest BCUT2D eigenvalue weighted by atomic mass is 9.91. The topological polar surface area (TPSA) is 66.8 Å². The maximum atomic E-state index is 12.1. The normalized spacial score (nSPS) is 24.6. The molecule has 2 saturated heterocycles. The van der Waals surface area contributed by atoms with Gasteiger partial charge in [0.1, 0.15) is 0 Å². The molecule has 0 saturated carbocycles. The first kappa shape index (κ1) is 14.3. The Morgan fingerprint density at radius 1 is 1.16 bits per heavy atom. The van der Waals surface area contributed by atoms with Gasteiger partial charge in [0.25, 0.3) is 0 Å². The molecule has 19 heavy (non-hydrogen) atoms. The van der Waals surface area contributed by atoms with Crippen LogP contribution in [0.15, 0.2) is 0 Å². The van der Waals surface area contributed by atoms with Crippen molar-refractivity contribution in [1.82, 2.24) is 4.90 Å². The van der Waals surface area contributed by atoms with E-state index in [1.54, 1.807) is 0 Å². The van der Waals surface area contributed by atoms with Crippen molar-refractivity contribution in [2.75, 3.05) is 26.3 Å². The molecule has 5 nitrogen and oxygen atoms in total. The van der Waals surface area contributed by atoms with E-state index >= 15 is 0 Å². The molecule has 108 valence electrons. The summed E-state index contributed by atoms with van der Waals surface area (Å²) >= 11 is 0. The lowest BCUT2D eigenvalue weighted by Crippen LogP contribution is -2.39. The lowest BCUT2D eigenvalue weighted by Gasteiger charge is -2.32. The molecule has 2 aliphatic rings. The fourth-order valence-electron chi connectivity index (χ4n) is 2.92. The quantitative estimate of drug-likeness (QED) is 0.821. The molecule has 1 unspecified atom stereocenters. The lowest BCUT2D eigenvalue weighted by molar-refractivity contribution is -0.138. The third kappa shape index (κ3) is 4.49. The van der Waals surface area contributed by atoms with Crippen molar-refractivity contribution >= 4 is 11.9 Å². The number of carboxylic acid groups (broad SMARTS) is 1. The van der Waals surface area contributed by atoms with Gasteiger partial charge in [0, 0.05) is 39.1 Å². The molecule has 0 aliphatic carbocycles. The van der Waals surface area contributed by atoms with Gasteiger partial charge in [-0.1, -0.05) is 0 Å². The minimum atomic E-state index is -0.722. The Labute approximate surface area is 113 Å². The molecule has 5 heteroatoms. The number of rotatable bonds is 5. The first-order valence-electron chi connectivity index (χ1n) is 7.22. The predicted octanol–water partition coefficient (Wildman–Crippen LogP) is 1.52. The van der Waals surface area contributed by atoms with Gasteiger partial charge in [-0.15, -0.1) is 0 Å². The molecule has 0 aromatic carbocycles. The Hall–Kier alpha value is -1.10. The highest BCUT2D eigenvalue weighted by molar-refractivity contribution is 5.76. The van der Waals surface area contributed by atoms with Gasteiger partial charge in [0.05, 0.1) is 0 Å². The van der Waals surface area contributed by atoms with Crippen molar-refractivity contribution in [2.24, 2.45) is 11.8 Å². The summed E-state index contributed by atoms with van der Waals surface area (Å²) in [5.74, 6) is 0.388. The molecule has 0 spiro atoms. The fourth-order valence-corrected chi connectivity index (χ4v) is 2.92. The van der Waals surface area contributed by atoms with E-state index in [9.17, 15) is 9.59 Å². The van der Waals surface area contributed by atoms with Crippen LogP contribution in [0.1, 0.15) is 38.5 Å². The number of piperidine rings is 1. The number of carboxylic acids is 1. The van der Waals surface area contributed by atoms with Crippen LogP contribution in [0.5, 0.6) is 0 Å². The summed E-state index contributed by atoms with van der Waals surface area (Å²) in [5.41, 5.74) is 0. The summed E-state index contributed by atoms with van der Waals surface area (Å²) in [6, 6.07) is 0. The van der Waals surface area contributed by atoms with Crippen molar-refractivity contribution in [3.8, 4) is 0 Å². The minimum Gasteiger partial charge on any atom is -0.481 e. The zero-order chi connectivity index (χ0) is 13.7. The Morgan fingerprint density at radius 2 is 1.89 bits per heavy atom. The van der Waals surface area contributed by atoms with Crippen molar-refractivity contribution in [2.45, 2.75) is 38.5 Å². The van der Waals surface area contributed by atoms with Crippen LogP contribution in [0, 0.1) is 11.8 Å². The zero-order valence-corrected chi connectivity index (χ0v) is 11.3. The molecule has 1 amide bonds. The van der Waals surface area contributed by atoms with Crippen LogP contribution in [0.2, 0.25) is 0 Å². The van der Waals surface area contributed by atoms with Crippen molar-refractivity contribution in [1.29, 1.82) is 0 Å². The van der Waals surface area contributed by atoms with E-state index in [1.807, 2.05) is 4.90 Å². The number of hydrogen-bond acceptors (Lipinski definition) is 3. The fraction of sp³-hybridized carbons (Fsp3) is 0.857. The summed E-state index contributed by atoms with van der Waals surface area (Å²) in [7, 11) is 0. The van der Waals surface area contributed by atoms with E-state index < -0.39 is 5.97 Å². The van der Waals surface area contributed by atoms with E-state index in [4.69, 9.17) is 9.84 Å². The second-order valence-corrected chi connectivity index (χ2v) is 5.69. The number of carbonyl (C=O) groups is 2. The Kier molecular flexibility index (Phi) is 5.19. The predicted molar refractivity (Wildman–Crippen MR) is 69.7 cm³/mol. The first-order chi connectivity index (χ1) is 9.15. The van der Waals surface area contributed by atoms with Crippen LogP contribution in [0.4, 0.5) is 0 Å². The van der Waals surface area contributed by atoms with Crippen molar-refractivity contribution in [3.05, 3.63) is 0 Å². The molecule has 2 aliphatic heterocycles. The molecule has 1 N–H and O–H groups in total. The van der Waals surface area contributed by atoms with E-state index in [0.29, 0.717) is 18.3 Å².